The van der Waals surface area contributed by atoms with E-state index >= 15 is 0 Å². The average molecular weight is 577 g/mol. The van der Waals surface area contributed by atoms with Gasteiger partial charge in [-0.1, -0.05) is 13.3 Å². The molecule has 0 unspecified atom stereocenters. The van der Waals surface area contributed by atoms with E-state index in [2.05, 4.69) is 83.4 Å². The topological polar surface area (TPSA) is 132 Å². The van der Waals surface area contributed by atoms with Crippen molar-refractivity contribution >= 4 is 20.2 Å². The number of aryl methyl sites for hydroxylation is 4. The van der Waals surface area contributed by atoms with Crippen LogP contribution >= 0.6 is 0 Å². The molecule has 0 atom stereocenters. The van der Waals surface area contributed by atoms with E-state index in [-0.39, 0.29) is 0 Å². The van der Waals surface area contributed by atoms with Crippen molar-refractivity contribution in [2.75, 3.05) is 0 Å². The molecule has 0 saturated heterocycles. The SMILES string of the molecule is CCCC[n+]1ccn(CC)c1.CCn1cc[n+](CC)c1.O=S(=O)([O-])C(F)(F)F.O=S(=O)([O-])C(F)(F)F. The van der Waals surface area contributed by atoms with Crippen LogP contribution in [0.15, 0.2) is 37.4 Å². The lowest BCUT2D eigenvalue weighted by Crippen LogP contribution is -2.30. The van der Waals surface area contributed by atoms with Crippen molar-refractivity contribution in [2.45, 2.75) is 77.7 Å². The molecule has 18 heteroatoms. The Hall–Kier alpha value is -2.18. The van der Waals surface area contributed by atoms with Gasteiger partial charge in [-0.2, -0.15) is 26.3 Å². The van der Waals surface area contributed by atoms with E-state index in [4.69, 9.17) is 25.9 Å². The van der Waals surface area contributed by atoms with Gasteiger partial charge in [0, 0.05) is 0 Å². The third-order valence-electron chi connectivity index (χ3n) is 3.92. The predicted molar refractivity (Wildman–Crippen MR) is 113 cm³/mol. The quantitative estimate of drug-likeness (QED) is 0.225. The van der Waals surface area contributed by atoms with Gasteiger partial charge in [0.15, 0.2) is 20.2 Å². The Labute approximate surface area is 206 Å². The minimum atomic E-state index is -6.09. The van der Waals surface area contributed by atoms with Gasteiger partial charge < -0.3 is 9.11 Å². The summed E-state index contributed by atoms with van der Waals surface area (Å²) >= 11 is 0. The zero-order valence-electron chi connectivity index (χ0n) is 20.0. The highest BCUT2D eigenvalue weighted by Crippen LogP contribution is 2.21. The van der Waals surface area contributed by atoms with Crippen LogP contribution < -0.4 is 9.13 Å². The first-order valence-corrected chi connectivity index (χ1v) is 13.2. The second-order valence-electron chi connectivity index (χ2n) is 6.71. The Morgan fingerprint density at radius 3 is 1.28 bits per heavy atom. The van der Waals surface area contributed by atoms with Crippen molar-refractivity contribution in [3.05, 3.63) is 37.4 Å². The molecule has 0 amide bonds. The number of rotatable bonds is 6. The highest BCUT2D eigenvalue weighted by atomic mass is 32.2. The summed E-state index contributed by atoms with van der Waals surface area (Å²) in [4.78, 5) is 0. The molecule has 2 rings (SSSR count). The van der Waals surface area contributed by atoms with Gasteiger partial charge in [-0.3, -0.25) is 0 Å². The van der Waals surface area contributed by atoms with E-state index < -0.39 is 31.3 Å². The van der Waals surface area contributed by atoms with Gasteiger partial charge >= 0.3 is 11.0 Å². The summed E-state index contributed by atoms with van der Waals surface area (Å²) in [7, 11) is -12.2. The van der Waals surface area contributed by atoms with Crippen LogP contribution in [0.25, 0.3) is 0 Å². The molecule has 212 valence electrons. The van der Waals surface area contributed by atoms with E-state index in [1.54, 1.807) is 0 Å². The van der Waals surface area contributed by atoms with Crippen LogP contribution in [-0.2, 0) is 46.4 Å². The van der Waals surface area contributed by atoms with Crippen LogP contribution in [0, 0.1) is 0 Å². The van der Waals surface area contributed by atoms with Crippen molar-refractivity contribution < 1.29 is 61.4 Å². The maximum atomic E-state index is 10.7. The predicted octanol–water partition coefficient (Wildman–Crippen LogP) is 2.51. The summed E-state index contributed by atoms with van der Waals surface area (Å²) < 4.78 is 127. The fraction of sp³-hybridized carbons (Fsp3) is 0.667. The summed E-state index contributed by atoms with van der Waals surface area (Å²) in [5, 5.41) is 0. The number of imidazole rings is 2. The Balaban J connectivity index is 0. The highest BCUT2D eigenvalue weighted by Gasteiger charge is 2.37. The minimum Gasteiger partial charge on any atom is -0.741 e. The van der Waals surface area contributed by atoms with Crippen molar-refractivity contribution in [1.82, 2.24) is 9.13 Å². The number of unbranched alkanes of at least 4 members (excludes halogenated alkanes) is 1. The Morgan fingerprint density at radius 1 is 0.722 bits per heavy atom. The lowest BCUT2D eigenvalue weighted by atomic mass is 10.3. The number of halogens is 6. The fourth-order valence-corrected chi connectivity index (χ4v) is 1.91. The van der Waals surface area contributed by atoms with Crippen LogP contribution in [0.2, 0.25) is 0 Å². The number of alkyl halides is 6. The summed E-state index contributed by atoms with van der Waals surface area (Å²) in [6.07, 6.45) is 15.3. The molecular weight excluding hydrogens is 546 g/mol. The molecule has 0 spiro atoms. The monoisotopic (exact) mass is 576 g/mol. The lowest BCUT2D eigenvalue weighted by molar-refractivity contribution is -0.696. The lowest BCUT2D eigenvalue weighted by Gasteiger charge is -2.08. The van der Waals surface area contributed by atoms with Gasteiger partial charge in [-0.05, 0) is 27.2 Å². The highest BCUT2D eigenvalue weighted by molar-refractivity contribution is 7.86. The maximum absolute atomic E-state index is 10.7. The van der Waals surface area contributed by atoms with E-state index in [1.807, 2.05) is 0 Å². The summed E-state index contributed by atoms with van der Waals surface area (Å²) in [6, 6.07) is 0. The molecule has 0 radical (unpaired) electrons. The van der Waals surface area contributed by atoms with Crippen molar-refractivity contribution in [3.63, 3.8) is 0 Å². The molecule has 10 nitrogen and oxygen atoms in total. The summed E-state index contributed by atoms with van der Waals surface area (Å²) in [5.41, 5.74) is -11.3. The normalized spacial score (nSPS) is 11.9. The van der Waals surface area contributed by atoms with Crippen molar-refractivity contribution in [2.24, 2.45) is 0 Å². The minimum absolute atomic E-state index is 1.06. The first-order valence-electron chi connectivity index (χ1n) is 10.4. The Kier molecular flexibility index (Phi) is 15.8. The molecule has 0 aliphatic rings. The second kappa shape index (κ2) is 15.8. The standard InChI is InChI=1S/C9H17N2.C7H13N2.2CHF3O3S/c1-3-5-6-11-8-7-10(4-2)9-11;1-3-8-5-6-9(4-2)7-8;2*2-1(3,4)8(5,6)7/h7-9H,3-6H2,1-2H3;5-7H,3-4H2,1-2H3;2*(H,5,6,7)/q2*+1;;/p-2. The summed E-state index contributed by atoms with van der Waals surface area (Å²) in [6.45, 7) is 13.0. The Morgan fingerprint density at radius 2 is 1.06 bits per heavy atom. The maximum Gasteiger partial charge on any atom is 0.485 e. The molecule has 2 aromatic rings. The van der Waals surface area contributed by atoms with Gasteiger partial charge in [0.2, 0.25) is 12.7 Å². The van der Waals surface area contributed by atoms with Crippen LogP contribution in [0.4, 0.5) is 26.3 Å². The van der Waals surface area contributed by atoms with E-state index in [1.165, 1.54) is 12.8 Å². The molecule has 0 aliphatic heterocycles. The largest absolute Gasteiger partial charge is 0.741 e. The van der Waals surface area contributed by atoms with Gasteiger partial charge in [0.05, 0.1) is 26.2 Å². The number of hydrogen-bond donors (Lipinski definition) is 0. The summed E-state index contributed by atoms with van der Waals surface area (Å²) in [5.74, 6) is 0. The molecule has 0 aliphatic carbocycles. The molecular formula is C18H30F6N4O6S2. The molecule has 0 N–H and O–H groups in total. The number of hydrogen-bond acceptors (Lipinski definition) is 6. The van der Waals surface area contributed by atoms with Crippen LogP contribution in [0.1, 0.15) is 40.5 Å². The molecule has 2 heterocycles. The fourth-order valence-electron chi connectivity index (χ4n) is 1.91. The van der Waals surface area contributed by atoms with Crippen LogP contribution in [0.5, 0.6) is 0 Å². The van der Waals surface area contributed by atoms with Gasteiger partial charge in [-0.15, -0.1) is 0 Å². The molecule has 36 heavy (non-hydrogen) atoms. The third-order valence-corrected chi connectivity index (χ3v) is 5.06. The van der Waals surface area contributed by atoms with E-state index in [0.29, 0.717) is 0 Å². The number of aromatic nitrogens is 4. The second-order valence-corrected chi connectivity index (χ2v) is 9.45. The van der Waals surface area contributed by atoms with Crippen molar-refractivity contribution in [1.29, 1.82) is 0 Å². The first-order chi connectivity index (χ1) is 16.2. The number of nitrogens with zero attached hydrogens (tertiary/aromatic N) is 4. The third kappa shape index (κ3) is 15.7. The zero-order chi connectivity index (χ0) is 28.8. The van der Waals surface area contributed by atoms with Crippen LogP contribution in [-0.4, -0.2) is 46.1 Å². The first kappa shape index (κ1) is 36.0. The van der Waals surface area contributed by atoms with Crippen LogP contribution in [0.3, 0.4) is 0 Å². The van der Waals surface area contributed by atoms with E-state index in [9.17, 15) is 26.3 Å². The average Bonchev–Trinajstić information content (AvgIpc) is 3.39. The molecule has 0 fully saturated rings. The molecule has 2 aromatic heterocycles. The molecule has 0 saturated carbocycles. The van der Waals surface area contributed by atoms with Gasteiger partial charge in [0.25, 0.3) is 0 Å². The van der Waals surface area contributed by atoms with Crippen molar-refractivity contribution in [3.8, 4) is 0 Å². The van der Waals surface area contributed by atoms with Gasteiger partial charge in [0.1, 0.15) is 24.8 Å². The molecule has 0 aromatic carbocycles. The van der Waals surface area contributed by atoms with Gasteiger partial charge in [-0.25, -0.2) is 35.1 Å². The smallest absolute Gasteiger partial charge is 0.485 e. The molecule has 0 bridgehead atoms. The van der Waals surface area contributed by atoms with E-state index in [0.717, 1.165) is 26.2 Å². The Bertz CT molecular complexity index is 1020. The zero-order valence-corrected chi connectivity index (χ0v) is 21.7.